The molecule has 1 N–H and O–H groups in total. The van der Waals surface area contributed by atoms with Crippen LogP contribution in [0, 0.1) is 26.6 Å². The predicted octanol–water partition coefficient (Wildman–Crippen LogP) is 1.90. The molecule has 0 fully saturated rings. The molecule has 0 aliphatic rings. The summed E-state index contributed by atoms with van der Waals surface area (Å²) in [4.78, 5) is 16.4. The van der Waals surface area contributed by atoms with Crippen molar-refractivity contribution in [3.8, 4) is 5.69 Å². The summed E-state index contributed by atoms with van der Waals surface area (Å²) in [7, 11) is 0. The van der Waals surface area contributed by atoms with E-state index in [0.717, 1.165) is 0 Å². The Labute approximate surface area is 136 Å². The van der Waals surface area contributed by atoms with E-state index in [-0.39, 0.29) is 24.1 Å². The second kappa shape index (κ2) is 6.19. The lowest BCUT2D eigenvalue weighted by Crippen LogP contribution is -2.18. The number of benzene rings is 1. The van der Waals surface area contributed by atoms with E-state index in [1.165, 1.54) is 16.8 Å². The van der Waals surface area contributed by atoms with Gasteiger partial charge in [-0.3, -0.25) is 10.1 Å². The molecule has 2 aromatic heterocycles. The maximum atomic E-state index is 13.3. The van der Waals surface area contributed by atoms with E-state index in [1.54, 1.807) is 26.8 Å². The quantitative estimate of drug-likeness (QED) is 0.784. The minimum atomic E-state index is -0.340. The molecular weight excluding hydrogens is 315 g/mol. The summed E-state index contributed by atoms with van der Waals surface area (Å²) >= 11 is 0. The zero-order valence-corrected chi connectivity index (χ0v) is 13.4. The van der Waals surface area contributed by atoms with E-state index in [9.17, 15) is 9.18 Å². The van der Waals surface area contributed by atoms with Crippen LogP contribution in [0.15, 0.2) is 22.8 Å². The third-order valence-corrected chi connectivity index (χ3v) is 3.43. The largest absolute Gasteiger partial charge is 0.294 e. The molecule has 9 heteroatoms. The number of aromatic nitrogens is 5. The number of aryl methyl sites for hydroxylation is 3. The van der Waals surface area contributed by atoms with Crippen molar-refractivity contribution in [2.45, 2.75) is 27.2 Å². The minimum absolute atomic E-state index is 0.00361. The topological polar surface area (TPSA) is 98.7 Å². The summed E-state index contributed by atoms with van der Waals surface area (Å²) in [6.45, 7) is 5.16. The van der Waals surface area contributed by atoms with E-state index in [4.69, 9.17) is 0 Å². The van der Waals surface area contributed by atoms with E-state index >= 15 is 0 Å². The summed E-state index contributed by atoms with van der Waals surface area (Å²) < 4.78 is 19.3. The van der Waals surface area contributed by atoms with E-state index < -0.39 is 0 Å². The zero-order chi connectivity index (χ0) is 17.3. The van der Waals surface area contributed by atoms with Gasteiger partial charge < -0.3 is 0 Å². The fraction of sp³-hybridized carbons (Fsp3) is 0.267. The van der Waals surface area contributed by atoms with Crippen LogP contribution in [-0.2, 0) is 11.2 Å². The molecule has 0 atom stereocenters. The van der Waals surface area contributed by atoms with E-state index in [0.29, 0.717) is 28.5 Å². The molecule has 2 heterocycles. The van der Waals surface area contributed by atoms with Gasteiger partial charge in [0.05, 0.1) is 12.1 Å². The average molecular weight is 330 g/mol. The number of halogens is 1. The average Bonchev–Trinajstić information content (AvgIpc) is 3.05. The smallest absolute Gasteiger partial charge is 0.233 e. The second-order valence-corrected chi connectivity index (χ2v) is 5.35. The molecule has 0 bridgehead atoms. The molecule has 8 nitrogen and oxygen atoms in total. The predicted molar refractivity (Wildman–Crippen MR) is 82.2 cm³/mol. The SMILES string of the molecule is Cc1nc(NC(=O)Cc2nonc2C)n(-c2ccc(F)cc2C)n1. The van der Waals surface area contributed by atoms with Crippen molar-refractivity contribution in [2.24, 2.45) is 0 Å². The first kappa shape index (κ1) is 15.8. The van der Waals surface area contributed by atoms with Crippen LogP contribution >= 0.6 is 0 Å². The maximum Gasteiger partial charge on any atom is 0.233 e. The van der Waals surface area contributed by atoms with Gasteiger partial charge >= 0.3 is 0 Å². The lowest BCUT2D eigenvalue weighted by Gasteiger charge is -2.09. The van der Waals surface area contributed by atoms with Gasteiger partial charge in [-0.05, 0) is 44.5 Å². The summed E-state index contributed by atoms with van der Waals surface area (Å²) in [5.41, 5.74) is 2.31. The molecule has 0 spiro atoms. The molecule has 24 heavy (non-hydrogen) atoms. The second-order valence-electron chi connectivity index (χ2n) is 5.35. The molecule has 0 unspecified atom stereocenters. The number of hydrogen-bond donors (Lipinski definition) is 1. The fourth-order valence-electron chi connectivity index (χ4n) is 2.25. The van der Waals surface area contributed by atoms with Crippen LogP contribution in [0.5, 0.6) is 0 Å². The van der Waals surface area contributed by atoms with Crippen molar-refractivity contribution >= 4 is 11.9 Å². The first-order valence-electron chi connectivity index (χ1n) is 7.22. The number of anilines is 1. The van der Waals surface area contributed by atoms with Crippen molar-refractivity contribution in [3.63, 3.8) is 0 Å². The molecule has 0 aliphatic carbocycles. The minimum Gasteiger partial charge on any atom is -0.294 e. The third kappa shape index (κ3) is 3.14. The highest BCUT2D eigenvalue weighted by molar-refractivity contribution is 5.90. The van der Waals surface area contributed by atoms with Gasteiger partial charge in [-0.15, -0.1) is 5.10 Å². The Morgan fingerprint density at radius 1 is 1.29 bits per heavy atom. The van der Waals surface area contributed by atoms with Crippen LogP contribution in [0.4, 0.5) is 10.3 Å². The Kier molecular flexibility index (Phi) is 4.07. The summed E-state index contributed by atoms with van der Waals surface area (Å²) in [6.07, 6.45) is 0.00361. The Morgan fingerprint density at radius 2 is 2.08 bits per heavy atom. The Hall–Kier alpha value is -3.10. The van der Waals surface area contributed by atoms with Crippen LogP contribution in [0.3, 0.4) is 0 Å². The summed E-state index contributed by atoms with van der Waals surface area (Å²) in [6, 6.07) is 4.30. The molecule has 0 radical (unpaired) electrons. The fourth-order valence-corrected chi connectivity index (χ4v) is 2.25. The first-order valence-corrected chi connectivity index (χ1v) is 7.22. The van der Waals surface area contributed by atoms with Crippen LogP contribution in [0.25, 0.3) is 5.69 Å². The number of carbonyl (C=O) groups excluding carboxylic acids is 1. The molecule has 0 saturated carbocycles. The Bertz CT molecular complexity index is 901. The van der Waals surface area contributed by atoms with Gasteiger partial charge in [0.2, 0.25) is 11.9 Å². The number of nitrogens with zero attached hydrogens (tertiary/aromatic N) is 5. The van der Waals surface area contributed by atoms with Gasteiger partial charge in [0.15, 0.2) is 0 Å². The van der Waals surface area contributed by atoms with Gasteiger partial charge in [0.25, 0.3) is 0 Å². The van der Waals surface area contributed by atoms with Crippen LogP contribution in [0.2, 0.25) is 0 Å². The molecule has 3 rings (SSSR count). The van der Waals surface area contributed by atoms with Crippen molar-refractivity contribution in [1.29, 1.82) is 0 Å². The highest BCUT2D eigenvalue weighted by Gasteiger charge is 2.17. The highest BCUT2D eigenvalue weighted by Crippen LogP contribution is 2.19. The van der Waals surface area contributed by atoms with Crippen molar-refractivity contribution in [1.82, 2.24) is 25.1 Å². The van der Waals surface area contributed by atoms with Crippen molar-refractivity contribution in [3.05, 3.63) is 46.8 Å². The normalized spacial score (nSPS) is 10.8. The third-order valence-electron chi connectivity index (χ3n) is 3.43. The lowest BCUT2D eigenvalue weighted by molar-refractivity contribution is -0.115. The van der Waals surface area contributed by atoms with Gasteiger partial charge in [0, 0.05) is 0 Å². The Morgan fingerprint density at radius 3 is 2.75 bits per heavy atom. The molecular formula is C15H15FN6O2. The van der Waals surface area contributed by atoms with Gasteiger partial charge in [-0.25, -0.2) is 9.02 Å². The molecule has 0 aliphatic heterocycles. The Balaban J connectivity index is 1.86. The van der Waals surface area contributed by atoms with Gasteiger partial charge in [-0.2, -0.15) is 9.67 Å². The van der Waals surface area contributed by atoms with Crippen LogP contribution in [-0.4, -0.2) is 31.0 Å². The first-order chi connectivity index (χ1) is 11.4. The van der Waals surface area contributed by atoms with Crippen LogP contribution in [0.1, 0.15) is 22.8 Å². The zero-order valence-electron chi connectivity index (χ0n) is 13.4. The summed E-state index contributed by atoms with van der Waals surface area (Å²) in [5.74, 6) is 0.0597. The molecule has 1 amide bonds. The molecule has 3 aromatic rings. The van der Waals surface area contributed by atoms with Crippen LogP contribution < -0.4 is 5.32 Å². The molecule has 124 valence electrons. The molecule has 0 saturated heterocycles. The number of rotatable bonds is 4. The monoisotopic (exact) mass is 330 g/mol. The van der Waals surface area contributed by atoms with E-state index in [1.807, 2.05) is 0 Å². The number of hydrogen-bond acceptors (Lipinski definition) is 6. The van der Waals surface area contributed by atoms with Gasteiger partial charge in [0.1, 0.15) is 23.0 Å². The standard InChI is InChI=1S/C15H15FN6O2/c1-8-6-11(16)4-5-13(8)22-15(17-10(3)19-22)18-14(23)7-12-9(2)20-24-21-12/h4-6H,7H2,1-3H3,(H,17,18,19,23). The van der Waals surface area contributed by atoms with Gasteiger partial charge in [-0.1, -0.05) is 10.3 Å². The molecule has 1 aromatic carbocycles. The van der Waals surface area contributed by atoms with Crippen molar-refractivity contribution < 1.29 is 13.8 Å². The number of nitrogens with one attached hydrogen (secondary N) is 1. The number of amides is 1. The highest BCUT2D eigenvalue weighted by atomic mass is 19.1. The lowest BCUT2D eigenvalue weighted by atomic mass is 10.2. The van der Waals surface area contributed by atoms with E-state index in [2.05, 4.69) is 30.3 Å². The number of carbonyl (C=O) groups is 1. The maximum absolute atomic E-state index is 13.3. The van der Waals surface area contributed by atoms with Crippen molar-refractivity contribution in [2.75, 3.05) is 5.32 Å². The summed E-state index contributed by atoms with van der Waals surface area (Å²) in [5, 5.41) is 14.3.